The number of allylic oxidation sites excluding steroid dienone is 9. The van der Waals surface area contributed by atoms with Gasteiger partial charge in [-0.1, -0.05) is 60.9 Å². The number of aromatic carboxylic acids is 1. The van der Waals surface area contributed by atoms with Crippen LogP contribution in [0.15, 0.2) is 83.0 Å². The predicted octanol–water partition coefficient (Wildman–Crippen LogP) is 7.30. The number of benzene rings is 1. The second-order valence-electron chi connectivity index (χ2n) is 8.62. The predicted molar refractivity (Wildman–Crippen MR) is 125 cm³/mol. The van der Waals surface area contributed by atoms with Crippen LogP contribution in [0, 0.1) is 5.41 Å². The van der Waals surface area contributed by atoms with Gasteiger partial charge >= 0.3 is 5.97 Å². The lowest BCUT2D eigenvalue weighted by molar-refractivity contribution is 0.0697. The van der Waals surface area contributed by atoms with Gasteiger partial charge in [0.15, 0.2) is 0 Å². The fourth-order valence-electron chi connectivity index (χ4n) is 3.66. The molecule has 0 amide bonds. The molecule has 30 heavy (non-hydrogen) atoms. The lowest BCUT2D eigenvalue weighted by Crippen LogP contribution is -2.19. The molecule has 0 unspecified atom stereocenters. The molecule has 0 aromatic heterocycles. The molecule has 1 aliphatic carbocycles. The first-order chi connectivity index (χ1) is 14.2. The maximum Gasteiger partial charge on any atom is 0.335 e. The van der Waals surface area contributed by atoms with Crippen molar-refractivity contribution in [1.29, 1.82) is 0 Å². The standard InChI is InChI=1S/C27H34O3/c1-20(11-16-25-22(3)10-7-18-27(25,4)5)8-6-9-21(2)17-19-30-24-14-12-23(13-15-24)26(28)29/h6,8-9,11-17H,7,10,18-19H2,1-5H3,(H,28,29)/b9-6+,16-11+,20-8+,21-17+. The zero-order valence-corrected chi connectivity index (χ0v) is 18.9. The van der Waals surface area contributed by atoms with Crippen LogP contribution in [-0.4, -0.2) is 17.7 Å². The maximum atomic E-state index is 10.9. The lowest BCUT2D eigenvalue weighted by Gasteiger charge is -2.32. The first-order valence-corrected chi connectivity index (χ1v) is 10.6. The summed E-state index contributed by atoms with van der Waals surface area (Å²) < 4.78 is 5.64. The first kappa shape index (κ1) is 23.5. The summed E-state index contributed by atoms with van der Waals surface area (Å²) in [4.78, 5) is 10.9. The Hall–Kier alpha value is -2.81. The van der Waals surface area contributed by atoms with E-state index in [0.717, 1.165) is 5.57 Å². The van der Waals surface area contributed by atoms with E-state index in [-0.39, 0.29) is 11.0 Å². The quantitative estimate of drug-likeness (QED) is 0.461. The van der Waals surface area contributed by atoms with E-state index < -0.39 is 5.97 Å². The van der Waals surface area contributed by atoms with Crippen molar-refractivity contribution < 1.29 is 14.6 Å². The zero-order valence-electron chi connectivity index (χ0n) is 18.9. The van der Waals surface area contributed by atoms with Crippen molar-refractivity contribution in [2.75, 3.05) is 6.61 Å². The number of carboxylic acids is 1. The topological polar surface area (TPSA) is 46.5 Å². The van der Waals surface area contributed by atoms with E-state index in [1.54, 1.807) is 24.3 Å². The summed E-state index contributed by atoms with van der Waals surface area (Å²) in [6.45, 7) is 11.5. The van der Waals surface area contributed by atoms with Gasteiger partial charge in [0.05, 0.1) is 5.56 Å². The number of carboxylic acid groups (broad SMARTS) is 1. The van der Waals surface area contributed by atoms with Crippen LogP contribution in [0.2, 0.25) is 0 Å². The van der Waals surface area contributed by atoms with E-state index in [2.05, 4.69) is 58.1 Å². The van der Waals surface area contributed by atoms with Gasteiger partial charge in [0.2, 0.25) is 0 Å². The van der Waals surface area contributed by atoms with Gasteiger partial charge in [0, 0.05) is 0 Å². The number of rotatable bonds is 8. The highest BCUT2D eigenvalue weighted by Gasteiger charge is 2.26. The first-order valence-electron chi connectivity index (χ1n) is 10.6. The average Bonchev–Trinajstić information content (AvgIpc) is 2.67. The van der Waals surface area contributed by atoms with Crippen molar-refractivity contribution in [3.63, 3.8) is 0 Å². The molecule has 3 nitrogen and oxygen atoms in total. The largest absolute Gasteiger partial charge is 0.490 e. The van der Waals surface area contributed by atoms with Crippen LogP contribution >= 0.6 is 0 Å². The Morgan fingerprint density at radius 3 is 2.47 bits per heavy atom. The van der Waals surface area contributed by atoms with E-state index in [9.17, 15) is 4.79 Å². The molecule has 0 saturated heterocycles. The van der Waals surface area contributed by atoms with Crippen LogP contribution in [-0.2, 0) is 0 Å². The molecule has 0 spiro atoms. The monoisotopic (exact) mass is 406 g/mol. The van der Waals surface area contributed by atoms with Gasteiger partial charge in [-0.05, 0) is 81.4 Å². The molecule has 0 heterocycles. The van der Waals surface area contributed by atoms with Gasteiger partial charge in [0.25, 0.3) is 0 Å². The fraction of sp³-hybridized carbons (Fsp3) is 0.370. The summed E-state index contributed by atoms with van der Waals surface area (Å²) >= 11 is 0. The minimum atomic E-state index is -0.935. The van der Waals surface area contributed by atoms with Crippen LogP contribution in [0.1, 0.15) is 64.2 Å². The molecular weight excluding hydrogens is 372 g/mol. The molecule has 3 heteroatoms. The van der Waals surface area contributed by atoms with E-state index >= 15 is 0 Å². The van der Waals surface area contributed by atoms with Crippen LogP contribution in [0.3, 0.4) is 0 Å². The van der Waals surface area contributed by atoms with Crippen molar-refractivity contribution in [3.05, 3.63) is 88.6 Å². The molecule has 0 saturated carbocycles. The van der Waals surface area contributed by atoms with Crippen molar-refractivity contribution >= 4 is 5.97 Å². The Kier molecular flexibility index (Phi) is 8.46. The molecule has 0 aliphatic heterocycles. The maximum absolute atomic E-state index is 10.9. The van der Waals surface area contributed by atoms with Gasteiger partial charge in [-0.2, -0.15) is 0 Å². The molecule has 0 fully saturated rings. The summed E-state index contributed by atoms with van der Waals surface area (Å²) in [5, 5.41) is 8.91. The Morgan fingerprint density at radius 2 is 1.83 bits per heavy atom. The van der Waals surface area contributed by atoms with E-state index in [0.29, 0.717) is 12.4 Å². The molecule has 0 bridgehead atoms. The van der Waals surface area contributed by atoms with Crippen molar-refractivity contribution in [3.8, 4) is 5.75 Å². The average molecular weight is 407 g/mol. The normalized spacial score (nSPS) is 17.8. The number of hydrogen-bond acceptors (Lipinski definition) is 2. The molecule has 1 N–H and O–H groups in total. The van der Waals surface area contributed by atoms with E-state index in [1.807, 2.05) is 13.0 Å². The highest BCUT2D eigenvalue weighted by molar-refractivity contribution is 5.87. The Balaban J connectivity index is 1.88. The highest BCUT2D eigenvalue weighted by atomic mass is 16.5. The summed E-state index contributed by atoms with van der Waals surface area (Å²) in [6.07, 6.45) is 16.5. The Morgan fingerprint density at radius 1 is 1.13 bits per heavy atom. The van der Waals surface area contributed by atoms with Gasteiger partial charge in [0.1, 0.15) is 12.4 Å². The lowest BCUT2D eigenvalue weighted by atomic mass is 9.72. The summed E-state index contributed by atoms with van der Waals surface area (Å²) in [7, 11) is 0. The number of hydrogen-bond donors (Lipinski definition) is 1. The van der Waals surface area contributed by atoms with Gasteiger partial charge in [-0.3, -0.25) is 0 Å². The molecule has 160 valence electrons. The van der Waals surface area contributed by atoms with Crippen LogP contribution in [0.4, 0.5) is 0 Å². The fourth-order valence-corrected chi connectivity index (χ4v) is 3.66. The molecule has 1 aliphatic rings. The molecular formula is C27H34O3. The third-order valence-electron chi connectivity index (χ3n) is 5.53. The summed E-state index contributed by atoms with van der Waals surface area (Å²) in [5.41, 5.74) is 5.85. The minimum Gasteiger partial charge on any atom is -0.490 e. The summed E-state index contributed by atoms with van der Waals surface area (Å²) in [6, 6.07) is 6.43. The molecule has 0 atom stereocenters. The molecule has 0 radical (unpaired) electrons. The summed E-state index contributed by atoms with van der Waals surface area (Å²) in [5.74, 6) is -0.279. The SMILES string of the molecule is CC1=C(/C=C/C(C)=C/C=C/C(C)=C/COc2ccc(C(=O)O)cc2)C(C)(C)CCC1. The third kappa shape index (κ3) is 7.22. The van der Waals surface area contributed by atoms with Crippen LogP contribution < -0.4 is 4.74 Å². The smallest absolute Gasteiger partial charge is 0.335 e. The second-order valence-corrected chi connectivity index (χ2v) is 8.62. The van der Waals surface area contributed by atoms with Crippen molar-refractivity contribution in [2.45, 2.75) is 53.9 Å². The number of carbonyl (C=O) groups is 1. The van der Waals surface area contributed by atoms with Crippen molar-refractivity contribution in [2.24, 2.45) is 5.41 Å². The Labute approximate surface area is 181 Å². The van der Waals surface area contributed by atoms with E-state index in [1.165, 1.54) is 36.0 Å². The van der Waals surface area contributed by atoms with Gasteiger partial charge < -0.3 is 9.84 Å². The minimum absolute atomic E-state index is 0.256. The van der Waals surface area contributed by atoms with Crippen LogP contribution in [0.5, 0.6) is 5.75 Å². The van der Waals surface area contributed by atoms with Gasteiger partial charge in [-0.15, -0.1) is 0 Å². The Bertz CT molecular complexity index is 891. The molecule has 1 aromatic carbocycles. The van der Waals surface area contributed by atoms with Crippen LogP contribution in [0.25, 0.3) is 0 Å². The third-order valence-corrected chi connectivity index (χ3v) is 5.53. The highest BCUT2D eigenvalue weighted by Crippen LogP contribution is 2.40. The number of ether oxygens (including phenoxy) is 1. The molecule has 1 aromatic rings. The van der Waals surface area contributed by atoms with Gasteiger partial charge in [-0.25, -0.2) is 4.79 Å². The van der Waals surface area contributed by atoms with E-state index in [4.69, 9.17) is 9.84 Å². The molecule has 2 rings (SSSR count). The zero-order chi connectivity index (χ0) is 22.1. The van der Waals surface area contributed by atoms with Crippen molar-refractivity contribution in [1.82, 2.24) is 0 Å². The second kappa shape index (κ2) is 10.8.